The summed E-state index contributed by atoms with van der Waals surface area (Å²) in [6.07, 6.45) is 6.35. The zero-order chi connectivity index (χ0) is 18.9. The lowest BCUT2D eigenvalue weighted by molar-refractivity contribution is 0.631. The lowest BCUT2D eigenvalue weighted by Gasteiger charge is -2.02. The van der Waals surface area contributed by atoms with Gasteiger partial charge in [-0.25, -0.2) is 0 Å². The van der Waals surface area contributed by atoms with Crippen LogP contribution in [-0.4, -0.2) is 0 Å². The van der Waals surface area contributed by atoms with E-state index in [1.165, 1.54) is 31.2 Å². The van der Waals surface area contributed by atoms with Crippen LogP contribution in [0.1, 0.15) is 38.2 Å². The van der Waals surface area contributed by atoms with Crippen LogP contribution in [0.3, 0.4) is 0 Å². The molecule has 0 unspecified atom stereocenters. The first kappa shape index (κ1) is 17.1. The molecule has 2 aromatic heterocycles. The molecule has 2 heteroatoms. The molecule has 0 saturated carbocycles. The Balaban J connectivity index is 1.50. The second kappa shape index (κ2) is 7.20. The average molecular weight is 368 g/mol. The highest BCUT2D eigenvalue weighted by Crippen LogP contribution is 2.38. The maximum Gasteiger partial charge on any atom is 0.136 e. The maximum absolute atomic E-state index is 6.19. The number of furan rings is 2. The molecule has 5 aromatic rings. The van der Waals surface area contributed by atoms with Crippen molar-refractivity contribution in [2.45, 2.75) is 39.0 Å². The van der Waals surface area contributed by atoms with Gasteiger partial charge in [-0.3, -0.25) is 0 Å². The van der Waals surface area contributed by atoms with Crippen LogP contribution in [0.5, 0.6) is 0 Å². The molecule has 0 N–H and O–H groups in total. The van der Waals surface area contributed by atoms with Gasteiger partial charge in [-0.2, -0.15) is 0 Å². The topological polar surface area (TPSA) is 26.3 Å². The molecule has 3 aromatic carbocycles. The van der Waals surface area contributed by atoms with Crippen LogP contribution in [0, 0.1) is 0 Å². The van der Waals surface area contributed by atoms with E-state index in [1.807, 2.05) is 24.3 Å². The van der Waals surface area contributed by atoms with Gasteiger partial charge in [0.15, 0.2) is 0 Å². The predicted molar refractivity (Wildman–Crippen MR) is 117 cm³/mol. The van der Waals surface area contributed by atoms with Gasteiger partial charge in [-0.15, -0.1) is 0 Å². The van der Waals surface area contributed by atoms with Crippen LogP contribution < -0.4 is 0 Å². The Labute approximate surface area is 164 Å². The van der Waals surface area contributed by atoms with Crippen molar-refractivity contribution in [3.05, 3.63) is 72.3 Å². The lowest BCUT2D eigenvalue weighted by Crippen LogP contribution is -1.86. The van der Waals surface area contributed by atoms with Crippen molar-refractivity contribution in [1.82, 2.24) is 0 Å². The van der Waals surface area contributed by atoms with E-state index in [0.29, 0.717) is 0 Å². The third-order valence-electron chi connectivity index (χ3n) is 5.60. The van der Waals surface area contributed by atoms with Crippen LogP contribution in [-0.2, 0) is 6.42 Å². The average Bonchev–Trinajstić information content (AvgIpc) is 3.32. The van der Waals surface area contributed by atoms with Crippen LogP contribution in [0.25, 0.3) is 44.2 Å². The maximum atomic E-state index is 6.19. The van der Waals surface area contributed by atoms with Crippen molar-refractivity contribution in [3.8, 4) is 11.3 Å². The van der Waals surface area contributed by atoms with E-state index in [-0.39, 0.29) is 0 Å². The van der Waals surface area contributed by atoms with Gasteiger partial charge in [0.2, 0.25) is 0 Å². The zero-order valence-corrected chi connectivity index (χ0v) is 16.2. The Kier molecular flexibility index (Phi) is 4.40. The number of fused-ring (bicyclic) bond motifs is 5. The number of unbranched alkanes of at least 4 members (excludes halogenated alkanes) is 3. The summed E-state index contributed by atoms with van der Waals surface area (Å²) in [5.41, 5.74) is 5.25. The van der Waals surface area contributed by atoms with Gasteiger partial charge in [0, 0.05) is 21.7 Å². The van der Waals surface area contributed by atoms with Crippen LogP contribution >= 0.6 is 0 Å². The Bertz CT molecular complexity index is 1240. The quantitative estimate of drug-likeness (QED) is 0.283. The number of hydrogen-bond acceptors (Lipinski definition) is 2. The van der Waals surface area contributed by atoms with E-state index >= 15 is 0 Å². The van der Waals surface area contributed by atoms with E-state index in [4.69, 9.17) is 8.83 Å². The fraction of sp³-hybridized carbons (Fsp3) is 0.231. The van der Waals surface area contributed by atoms with E-state index < -0.39 is 0 Å². The number of para-hydroxylation sites is 1. The molecule has 0 aliphatic heterocycles. The van der Waals surface area contributed by atoms with Crippen molar-refractivity contribution in [1.29, 1.82) is 0 Å². The molecule has 2 nitrogen and oxygen atoms in total. The first-order valence-electron chi connectivity index (χ1n) is 10.3. The van der Waals surface area contributed by atoms with Gasteiger partial charge in [0.1, 0.15) is 22.5 Å². The normalized spacial score (nSPS) is 11.8. The molecule has 0 atom stereocenters. The molecular weight excluding hydrogens is 344 g/mol. The molecule has 0 aliphatic rings. The summed E-state index contributed by atoms with van der Waals surface area (Å²) in [5, 5.41) is 3.38. The van der Waals surface area contributed by atoms with Gasteiger partial charge in [-0.05, 0) is 42.7 Å². The molecule has 140 valence electrons. The van der Waals surface area contributed by atoms with Gasteiger partial charge in [0.05, 0.1) is 0 Å². The Hall–Kier alpha value is -3.00. The molecule has 5 rings (SSSR count). The molecule has 0 bridgehead atoms. The third kappa shape index (κ3) is 2.99. The molecule has 0 fully saturated rings. The van der Waals surface area contributed by atoms with Crippen LogP contribution in [0.2, 0.25) is 0 Å². The Morgan fingerprint density at radius 2 is 1.46 bits per heavy atom. The van der Waals surface area contributed by atoms with Gasteiger partial charge >= 0.3 is 0 Å². The lowest BCUT2D eigenvalue weighted by atomic mass is 10.0. The van der Waals surface area contributed by atoms with Crippen molar-refractivity contribution in [3.63, 3.8) is 0 Å². The fourth-order valence-electron chi connectivity index (χ4n) is 4.07. The van der Waals surface area contributed by atoms with Crippen molar-refractivity contribution in [2.75, 3.05) is 0 Å². The standard InChI is InChI=1S/C26H24O2/c1-2-3-4-5-8-18-11-13-19(14-12-18)25-17-21-23(28-25)15-16-24-26(21)20-9-6-7-10-22(20)27-24/h6-7,9-17H,2-5,8H2,1H3. The highest BCUT2D eigenvalue weighted by Gasteiger charge is 2.14. The van der Waals surface area contributed by atoms with Crippen molar-refractivity contribution >= 4 is 32.9 Å². The molecule has 0 spiro atoms. The highest BCUT2D eigenvalue weighted by atomic mass is 16.3. The first-order valence-corrected chi connectivity index (χ1v) is 10.3. The van der Waals surface area contributed by atoms with E-state index in [2.05, 4.69) is 49.4 Å². The molecule has 0 saturated heterocycles. The summed E-state index contributed by atoms with van der Waals surface area (Å²) < 4.78 is 12.2. The fourth-order valence-corrected chi connectivity index (χ4v) is 4.07. The summed E-state index contributed by atoms with van der Waals surface area (Å²) in [6, 6.07) is 23.2. The van der Waals surface area contributed by atoms with E-state index in [1.54, 1.807) is 0 Å². The molecule has 0 aliphatic carbocycles. The molecule has 28 heavy (non-hydrogen) atoms. The summed E-state index contributed by atoms with van der Waals surface area (Å²) in [4.78, 5) is 0. The van der Waals surface area contributed by atoms with Crippen molar-refractivity contribution in [2.24, 2.45) is 0 Å². The summed E-state index contributed by atoms with van der Waals surface area (Å²) >= 11 is 0. The third-order valence-corrected chi connectivity index (χ3v) is 5.60. The summed E-state index contributed by atoms with van der Waals surface area (Å²) in [5.74, 6) is 0.908. The van der Waals surface area contributed by atoms with Crippen LogP contribution in [0.4, 0.5) is 0 Å². The summed E-state index contributed by atoms with van der Waals surface area (Å²) in [7, 11) is 0. The Morgan fingerprint density at radius 1 is 0.679 bits per heavy atom. The largest absolute Gasteiger partial charge is 0.456 e. The number of rotatable bonds is 6. The van der Waals surface area contributed by atoms with E-state index in [9.17, 15) is 0 Å². The van der Waals surface area contributed by atoms with Gasteiger partial charge in [-0.1, -0.05) is 68.7 Å². The smallest absolute Gasteiger partial charge is 0.136 e. The minimum atomic E-state index is 0.901. The molecule has 2 heterocycles. The van der Waals surface area contributed by atoms with Crippen molar-refractivity contribution < 1.29 is 8.83 Å². The SMILES string of the molecule is CCCCCCc1ccc(-c2cc3c(ccc4oc5ccccc5c43)o2)cc1. The monoisotopic (exact) mass is 368 g/mol. The van der Waals surface area contributed by atoms with Gasteiger partial charge < -0.3 is 8.83 Å². The summed E-state index contributed by atoms with van der Waals surface area (Å²) in [6.45, 7) is 2.25. The molecule has 0 radical (unpaired) electrons. The predicted octanol–water partition coefficient (Wildman–Crippen LogP) is 8.12. The zero-order valence-electron chi connectivity index (χ0n) is 16.2. The molecule has 0 amide bonds. The van der Waals surface area contributed by atoms with E-state index in [0.717, 1.165) is 50.7 Å². The number of aryl methyl sites for hydroxylation is 1. The molecular formula is C26H24O2. The second-order valence-corrected chi connectivity index (χ2v) is 7.57. The van der Waals surface area contributed by atoms with Gasteiger partial charge in [0.25, 0.3) is 0 Å². The number of hydrogen-bond donors (Lipinski definition) is 0. The highest BCUT2D eigenvalue weighted by molar-refractivity contribution is 6.18. The second-order valence-electron chi connectivity index (χ2n) is 7.57. The number of benzene rings is 3. The minimum Gasteiger partial charge on any atom is -0.456 e. The minimum absolute atomic E-state index is 0.901. The Morgan fingerprint density at radius 3 is 2.32 bits per heavy atom. The van der Waals surface area contributed by atoms with Crippen LogP contribution in [0.15, 0.2) is 75.6 Å². The first-order chi connectivity index (χ1) is 13.8.